The Hall–Kier alpha value is -4.15. The van der Waals surface area contributed by atoms with Gasteiger partial charge < -0.3 is 19.0 Å². The van der Waals surface area contributed by atoms with Crippen LogP contribution in [0.1, 0.15) is 29.0 Å². The van der Waals surface area contributed by atoms with Crippen molar-refractivity contribution >= 4 is 32.5 Å². The number of nitrogens with one attached hydrogen (secondary N) is 1. The van der Waals surface area contributed by atoms with Crippen molar-refractivity contribution in [2.45, 2.75) is 30.4 Å². The number of pyridine rings is 1. The summed E-state index contributed by atoms with van der Waals surface area (Å²) in [5.41, 5.74) is 0.241. The molecular formula is C29H29N3O6S. The summed E-state index contributed by atoms with van der Waals surface area (Å²) in [4.78, 5) is 31.7. The van der Waals surface area contributed by atoms with Crippen LogP contribution in [-0.4, -0.2) is 50.0 Å². The van der Waals surface area contributed by atoms with Gasteiger partial charge >= 0.3 is 0 Å². The second-order valence-electron chi connectivity index (χ2n) is 9.30. The standard InChI is InChI=1S/C29H29N3O6S/c1-2-14-32(21-8-4-3-5-9-21)39(35,36)24-12-13-27-25(17-24)28(33)26(18-30-27)29(34)31(19-22-10-6-15-37-22)20-23-11-7-16-38-23/h2-6,8-10,12-13,15,17-18,23H,1,7,11,14,16,19-20H2,(H,30,33)/t23-/m1/s1. The minimum atomic E-state index is -4.04. The van der Waals surface area contributed by atoms with Gasteiger partial charge in [0.1, 0.15) is 11.3 Å². The van der Waals surface area contributed by atoms with Crippen LogP contribution in [0.3, 0.4) is 0 Å². The van der Waals surface area contributed by atoms with Crippen LogP contribution in [0.5, 0.6) is 0 Å². The molecule has 1 aliphatic heterocycles. The highest BCUT2D eigenvalue weighted by molar-refractivity contribution is 7.92. The summed E-state index contributed by atoms with van der Waals surface area (Å²) in [7, 11) is -4.04. The molecule has 0 radical (unpaired) electrons. The highest BCUT2D eigenvalue weighted by Gasteiger charge is 2.28. The number of anilines is 1. The molecule has 1 amide bonds. The van der Waals surface area contributed by atoms with Gasteiger partial charge in [0.25, 0.3) is 15.9 Å². The van der Waals surface area contributed by atoms with Gasteiger partial charge in [-0.3, -0.25) is 13.9 Å². The fourth-order valence-electron chi connectivity index (χ4n) is 4.71. The Morgan fingerprint density at radius 1 is 1.13 bits per heavy atom. The molecule has 0 saturated carbocycles. The van der Waals surface area contributed by atoms with Gasteiger partial charge in [-0.25, -0.2) is 8.42 Å². The maximum atomic E-state index is 13.7. The minimum absolute atomic E-state index is 0.0459. The Balaban J connectivity index is 1.52. The normalized spacial score (nSPS) is 15.3. The van der Waals surface area contributed by atoms with Crippen molar-refractivity contribution in [2.75, 3.05) is 24.0 Å². The van der Waals surface area contributed by atoms with Gasteiger partial charge in [-0.15, -0.1) is 6.58 Å². The van der Waals surface area contributed by atoms with Crippen molar-refractivity contribution < 1.29 is 22.4 Å². The van der Waals surface area contributed by atoms with E-state index in [1.807, 2.05) is 0 Å². The number of hydrogen-bond acceptors (Lipinski definition) is 6. The Bertz CT molecular complexity index is 1620. The van der Waals surface area contributed by atoms with Crippen LogP contribution in [0.4, 0.5) is 5.69 Å². The number of sulfonamides is 1. The van der Waals surface area contributed by atoms with Gasteiger partial charge in [0.15, 0.2) is 0 Å². The van der Waals surface area contributed by atoms with Crippen molar-refractivity contribution in [3.63, 3.8) is 0 Å². The molecule has 0 aliphatic carbocycles. The van der Waals surface area contributed by atoms with E-state index in [1.165, 1.54) is 45.9 Å². The zero-order valence-electron chi connectivity index (χ0n) is 21.3. The van der Waals surface area contributed by atoms with Gasteiger partial charge in [0.05, 0.1) is 36.0 Å². The molecule has 0 bridgehead atoms. The first-order valence-electron chi connectivity index (χ1n) is 12.7. The Morgan fingerprint density at radius 3 is 2.64 bits per heavy atom. The smallest absolute Gasteiger partial charge is 0.264 e. The predicted molar refractivity (Wildman–Crippen MR) is 148 cm³/mol. The predicted octanol–water partition coefficient (Wildman–Crippen LogP) is 4.32. The number of fused-ring (bicyclic) bond motifs is 1. The quantitative estimate of drug-likeness (QED) is 0.296. The van der Waals surface area contributed by atoms with Crippen molar-refractivity contribution in [3.8, 4) is 0 Å². The van der Waals surface area contributed by atoms with Crippen molar-refractivity contribution in [2.24, 2.45) is 0 Å². The van der Waals surface area contributed by atoms with E-state index in [-0.39, 0.29) is 35.0 Å². The van der Waals surface area contributed by atoms with E-state index in [1.54, 1.807) is 42.5 Å². The SMILES string of the molecule is C=CCN(c1ccccc1)S(=O)(=O)c1ccc2[nH]cc(C(=O)N(Cc3ccco3)C[C@H]3CCCO3)c(=O)c2c1. The topological polar surface area (TPSA) is 113 Å². The van der Waals surface area contributed by atoms with Crippen LogP contribution < -0.4 is 9.73 Å². The number of para-hydroxylation sites is 1. The molecule has 9 nitrogen and oxygen atoms in total. The molecular weight excluding hydrogens is 518 g/mol. The fourth-order valence-corrected chi connectivity index (χ4v) is 6.17. The van der Waals surface area contributed by atoms with Crippen molar-refractivity contribution in [3.05, 3.63) is 107 Å². The zero-order valence-corrected chi connectivity index (χ0v) is 22.1. The highest BCUT2D eigenvalue weighted by Crippen LogP contribution is 2.25. The first-order valence-corrected chi connectivity index (χ1v) is 14.1. The van der Waals surface area contributed by atoms with Gasteiger partial charge in [0, 0.05) is 30.3 Å². The number of ether oxygens (including phenoxy) is 1. The van der Waals surface area contributed by atoms with Gasteiger partial charge in [0.2, 0.25) is 5.43 Å². The summed E-state index contributed by atoms with van der Waals surface area (Å²) in [6.07, 6.45) is 6.00. The third-order valence-corrected chi connectivity index (χ3v) is 8.46. The molecule has 2 aromatic heterocycles. The van der Waals surface area contributed by atoms with E-state index >= 15 is 0 Å². The number of hydrogen-bond donors (Lipinski definition) is 1. The highest BCUT2D eigenvalue weighted by atomic mass is 32.2. The van der Waals surface area contributed by atoms with E-state index in [4.69, 9.17) is 9.15 Å². The van der Waals surface area contributed by atoms with Crippen LogP contribution in [0.15, 0.2) is 99.9 Å². The molecule has 0 unspecified atom stereocenters. The molecule has 0 spiro atoms. The van der Waals surface area contributed by atoms with E-state index in [2.05, 4.69) is 11.6 Å². The number of nitrogens with zero attached hydrogens (tertiary/aromatic N) is 2. The molecule has 39 heavy (non-hydrogen) atoms. The molecule has 1 fully saturated rings. The molecule has 3 heterocycles. The molecule has 2 aromatic carbocycles. The lowest BCUT2D eigenvalue weighted by molar-refractivity contribution is 0.0490. The first kappa shape index (κ1) is 26.5. The Kier molecular flexibility index (Phi) is 7.67. The van der Waals surface area contributed by atoms with E-state index in [0.29, 0.717) is 30.1 Å². The first-order chi connectivity index (χ1) is 18.9. The van der Waals surface area contributed by atoms with Crippen molar-refractivity contribution in [1.29, 1.82) is 0 Å². The molecule has 1 saturated heterocycles. The lowest BCUT2D eigenvalue weighted by atomic mass is 10.1. The lowest BCUT2D eigenvalue weighted by Gasteiger charge is -2.25. The summed E-state index contributed by atoms with van der Waals surface area (Å²) in [6.45, 7) is 4.84. The summed E-state index contributed by atoms with van der Waals surface area (Å²) in [5, 5.41) is 0.101. The second-order valence-corrected chi connectivity index (χ2v) is 11.2. The number of carbonyl (C=O) groups excluding carboxylic acids is 1. The summed E-state index contributed by atoms with van der Waals surface area (Å²) in [5.74, 6) is 0.0889. The number of furan rings is 1. The number of carbonyl (C=O) groups is 1. The van der Waals surface area contributed by atoms with Crippen LogP contribution in [0.2, 0.25) is 0 Å². The molecule has 4 aromatic rings. The average Bonchev–Trinajstić information content (AvgIpc) is 3.66. The van der Waals surface area contributed by atoms with Crippen LogP contribution in [-0.2, 0) is 21.3 Å². The summed E-state index contributed by atoms with van der Waals surface area (Å²) in [6, 6.07) is 16.4. The van der Waals surface area contributed by atoms with Crippen molar-refractivity contribution in [1.82, 2.24) is 9.88 Å². The third kappa shape index (κ3) is 5.52. The van der Waals surface area contributed by atoms with Gasteiger partial charge in [-0.2, -0.15) is 0 Å². The number of benzene rings is 2. The van der Waals surface area contributed by atoms with Crippen LogP contribution >= 0.6 is 0 Å². The number of rotatable bonds is 10. The molecule has 1 aliphatic rings. The van der Waals surface area contributed by atoms with Crippen LogP contribution in [0.25, 0.3) is 10.9 Å². The van der Waals surface area contributed by atoms with Gasteiger partial charge in [-0.1, -0.05) is 24.3 Å². The molecule has 10 heteroatoms. The maximum absolute atomic E-state index is 13.7. The third-order valence-electron chi connectivity index (χ3n) is 6.67. The average molecular weight is 548 g/mol. The molecule has 5 rings (SSSR count). The number of aromatic amines is 1. The molecule has 202 valence electrons. The molecule has 1 N–H and O–H groups in total. The van der Waals surface area contributed by atoms with Gasteiger partial charge in [-0.05, 0) is 55.3 Å². The number of H-pyrrole nitrogens is 1. The second kappa shape index (κ2) is 11.3. The maximum Gasteiger partial charge on any atom is 0.264 e. The monoisotopic (exact) mass is 547 g/mol. The van der Waals surface area contributed by atoms with E-state index in [9.17, 15) is 18.0 Å². The van der Waals surface area contributed by atoms with E-state index in [0.717, 1.165) is 12.8 Å². The zero-order chi connectivity index (χ0) is 27.4. The molecule has 1 atom stereocenters. The van der Waals surface area contributed by atoms with Crippen LogP contribution in [0, 0.1) is 0 Å². The van der Waals surface area contributed by atoms with E-state index < -0.39 is 21.4 Å². The Morgan fingerprint density at radius 2 is 1.95 bits per heavy atom. The Labute approximate surface area is 226 Å². The summed E-state index contributed by atoms with van der Waals surface area (Å²) >= 11 is 0. The number of aromatic nitrogens is 1. The minimum Gasteiger partial charge on any atom is -0.467 e. The lowest BCUT2D eigenvalue weighted by Crippen LogP contribution is -2.39. The fraction of sp³-hybridized carbons (Fsp3) is 0.241. The summed E-state index contributed by atoms with van der Waals surface area (Å²) < 4.78 is 39.7. The largest absolute Gasteiger partial charge is 0.467 e. The number of amides is 1.